The molecule has 1 aromatic carbocycles. The van der Waals surface area contributed by atoms with Crippen molar-refractivity contribution in [2.75, 3.05) is 43.1 Å². The summed E-state index contributed by atoms with van der Waals surface area (Å²) in [5.41, 5.74) is 1.09. The van der Waals surface area contributed by atoms with Gasteiger partial charge >= 0.3 is 5.97 Å². The minimum Gasteiger partial charge on any atom is -0.492 e. The van der Waals surface area contributed by atoms with Crippen LogP contribution in [0.15, 0.2) is 6.07 Å². The van der Waals surface area contributed by atoms with Gasteiger partial charge in [0.25, 0.3) is 0 Å². The molecule has 3 atom stereocenters. The number of fused-ring (bicyclic) bond motifs is 2. The highest BCUT2D eigenvalue weighted by atomic mass is 19.1. The first-order valence-corrected chi connectivity index (χ1v) is 10.4. The maximum atomic E-state index is 15.3. The zero-order valence-corrected chi connectivity index (χ0v) is 16.5. The second-order valence-electron chi connectivity index (χ2n) is 8.64. The summed E-state index contributed by atoms with van der Waals surface area (Å²) in [6.07, 6.45) is 4.12. The Balaban J connectivity index is 1.61. The molecule has 1 aliphatic carbocycles. The number of methoxy groups -OCH3 is 1. The van der Waals surface area contributed by atoms with Gasteiger partial charge in [0.2, 0.25) is 0 Å². The van der Waals surface area contributed by atoms with Crippen molar-refractivity contribution in [3.05, 3.63) is 17.4 Å². The molecular weight excluding hydrogens is 377 g/mol. The molecule has 29 heavy (non-hydrogen) atoms. The Hall–Kier alpha value is -2.35. The lowest BCUT2D eigenvalue weighted by atomic mass is 9.89. The first-order valence-electron chi connectivity index (χ1n) is 10.4. The van der Waals surface area contributed by atoms with Crippen molar-refractivity contribution < 1.29 is 23.8 Å². The van der Waals surface area contributed by atoms with Crippen LogP contribution in [0.1, 0.15) is 36.0 Å². The molecule has 2 saturated heterocycles. The largest absolute Gasteiger partial charge is 0.492 e. The Morgan fingerprint density at radius 3 is 2.69 bits per heavy atom. The van der Waals surface area contributed by atoms with E-state index in [0.717, 1.165) is 38.8 Å². The lowest BCUT2D eigenvalue weighted by Crippen LogP contribution is -2.44. The van der Waals surface area contributed by atoms with Crippen LogP contribution >= 0.6 is 0 Å². The standard InChI is InChI=1S/C21H26FN3O4/c1-29-20-17-13(19(26)14(21(27)28)9-25(17)12-4-5-12)7-15(22)18(20)24-8-11-3-2-6-23-16(11)10-24/h7,11-12,14,16,23H,2-6,8-10H2,1H3,(H,27,28). The quantitative estimate of drug-likeness (QED) is 0.743. The molecule has 4 aliphatic rings. The summed E-state index contributed by atoms with van der Waals surface area (Å²) in [5.74, 6) is -2.55. The number of ether oxygens (including phenoxy) is 1. The van der Waals surface area contributed by atoms with Gasteiger partial charge in [-0.25, -0.2) is 4.39 Å². The minimum absolute atomic E-state index is 0.111. The van der Waals surface area contributed by atoms with Gasteiger partial charge in [-0.1, -0.05) is 0 Å². The second-order valence-corrected chi connectivity index (χ2v) is 8.64. The number of aliphatic carboxylic acids is 1. The van der Waals surface area contributed by atoms with E-state index in [2.05, 4.69) is 5.32 Å². The first-order chi connectivity index (χ1) is 14.0. The molecule has 0 amide bonds. The van der Waals surface area contributed by atoms with Crippen molar-refractivity contribution in [2.45, 2.75) is 37.8 Å². The number of carboxylic acids is 1. The highest BCUT2D eigenvalue weighted by molar-refractivity contribution is 6.14. The van der Waals surface area contributed by atoms with Gasteiger partial charge in [-0.3, -0.25) is 9.59 Å². The molecule has 8 heteroatoms. The Morgan fingerprint density at radius 1 is 1.24 bits per heavy atom. The van der Waals surface area contributed by atoms with E-state index in [1.807, 2.05) is 9.80 Å². The summed E-state index contributed by atoms with van der Waals surface area (Å²) in [4.78, 5) is 28.5. The first kappa shape index (κ1) is 18.7. The van der Waals surface area contributed by atoms with Gasteiger partial charge in [0, 0.05) is 37.3 Å². The van der Waals surface area contributed by atoms with Crippen LogP contribution in [0.5, 0.6) is 5.75 Å². The topological polar surface area (TPSA) is 82.1 Å². The van der Waals surface area contributed by atoms with Gasteiger partial charge < -0.3 is 25.0 Å². The smallest absolute Gasteiger partial charge is 0.316 e. The number of rotatable bonds is 4. The molecule has 2 N–H and O–H groups in total. The minimum atomic E-state index is -1.17. The van der Waals surface area contributed by atoms with Crippen molar-refractivity contribution in [3.8, 4) is 5.75 Å². The summed E-state index contributed by atoms with van der Waals surface area (Å²) >= 11 is 0. The molecule has 156 valence electrons. The number of hydrogen-bond donors (Lipinski definition) is 2. The van der Waals surface area contributed by atoms with Gasteiger partial charge in [-0.05, 0) is 44.2 Å². The van der Waals surface area contributed by atoms with E-state index in [1.54, 1.807) is 0 Å². The summed E-state index contributed by atoms with van der Waals surface area (Å²) in [6.45, 7) is 2.55. The molecule has 3 heterocycles. The van der Waals surface area contributed by atoms with Crippen molar-refractivity contribution in [3.63, 3.8) is 0 Å². The number of halogens is 1. The predicted octanol–water partition coefficient (Wildman–Crippen LogP) is 1.89. The van der Waals surface area contributed by atoms with Crippen molar-refractivity contribution >= 4 is 23.1 Å². The highest BCUT2D eigenvalue weighted by Crippen LogP contribution is 2.50. The molecule has 1 aromatic rings. The zero-order chi connectivity index (χ0) is 20.3. The van der Waals surface area contributed by atoms with Gasteiger partial charge in [-0.2, -0.15) is 0 Å². The molecule has 3 aliphatic heterocycles. The van der Waals surface area contributed by atoms with Crippen LogP contribution in [0.25, 0.3) is 0 Å². The Morgan fingerprint density at radius 2 is 2.03 bits per heavy atom. The average Bonchev–Trinajstić information content (AvgIpc) is 3.45. The number of carbonyl (C=O) groups excluding carboxylic acids is 1. The number of anilines is 2. The van der Waals surface area contributed by atoms with E-state index >= 15 is 4.39 Å². The third kappa shape index (κ3) is 2.96. The SMILES string of the molecule is COc1c(N2CC3CCCNC3C2)c(F)cc2c1N(C1CC1)CC(C(=O)O)C2=O. The van der Waals surface area contributed by atoms with Crippen molar-refractivity contribution in [1.82, 2.24) is 5.32 Å². The number of nitrogens with one attached hydrogen (secondary N) is 1. The number of hydrogen-bond acceptors (Lipinski definition) is 6. The highest BCUT2D eigenvalue weighted by Gasteiger charge is 2.46. The fourth-order valence-electron chi connectivity index (χ4n) is 5.26. The Labute approximate surface area is 168 Å². The number of carbonyl (C=O) groups is 2. The van der Waals surface area contributed by atoms with E-state index in [9.17, 15) is 14.7 Å². The van der Waals surface area contributed by atoms with Crippen LogP contribution in [-0.4, -0.2) is 62.2 Å². The molecule has 3 unspecified atom stereocenters. The summed E-state index contributed by atoms with van der Waals surface area (Å²) in [7, 11) is 1.50. The number of benzene rings is 1. The predicted molar refractivity (Wildman–Crippen MR) is 106 cm³/mol. The summed E-state index contributed by atoms with van der Waals surface area (Å²) in [5, 5.41) is 13.0. The molecule has 0 bridgehead atoms. The Kier molecular flexibility index (Phi) is 4.42. The number of Topliss-reactive ketones (excluding diaryl/α,β-unsaturated/α-hetero) is 1. The van der Waals surface area contributed by atoms with E-state index < -0.39 is 23.5 Å². The molecule has 0 radical (unpaired) electrons. The molecule has 0 spiro atoms. The normalized spacial score (nSPS) is 28.9. The molecular formula is C21H26FN3O4. The third-order valence-electron chi connectivity index (χ3n) is 6.84. The van der Waals surface area contributed by atoms with E-state index in [-0.39, 0.29) is 18.2 Å². The average molecular weight is 403 g/mol. The zero-order valence-electron chi connectivity index (χ0n) is 16.5. The van der Waals surface area contributed by atoms with Gasteiger partial charge in [0.05, 0.1) is 12.8 Å². The van der Waals surface area contributed by atoms with Crippen molar-refractivity contribution in [2.24, 2.45) is 11.8 Å². The molecule has 7 nitrogen and oxygen atoms in total. The van der Waals surface area contributed by atoms with Gasteiger partial charge in [0.1, 0.15) is 11.6 Å². The molecule has 5 rings (SSSR count). The van der Waals surface area contributed by atoms with E-state index in [0.29, 0.717) is 35.6 Å². The van der Waals surface area contributed by atoms with Crippen molar-refractivity contribution in [1.29, 1.82) is 0 Å². The molecule has 1 saturated carbocycles. The van der Waals surface area contributed by atoms with Crippen LogP contribution in [0.3, 0.4) is 0 Å². The fourth-order valence-corrected chi connectivity index (χ4v) is 5.26. The lowest BCUT2D eigenvalue weighted by Gasteiger charge is -2.36. The van der Waals surface area contributed by atoms with Crippen LogP contribution in [0.4, 0.5) is 15.8 Å². The number of nitrogens with zero attached hydrogens (tertiary/aromatic N) is 2. The van der Waals surface area contributed by atoms with Crippen LogP contribution in [-0.2, 0) is 4.79 Å². The third-order valence-corrected chi connectivity index (χ3v) is 6.84. The summed E-state index contributed by atoms with van der Waals surface area (Å²) < 4.78 is 21.0. The monoisotopic (exact) mass is 403 g/mol. The number of carboxylic acid groups (broad SMARTS) is 1. The van der Waals surface area contributed by atoms with E-state index in [1.165, 1.54) is 13.2 Å². The molecule has 3 fully saturated rings. The van der Waals surface area contributed by atoms with Crippen LogP contribution in [0.2, 0.25) is 0 Å². The van der Waals surface area contributed by atoms with Gasteiger partial charge in [0.15, 0.2) is 17.3 Å². The number of piperidine rings is 1. The lowest BCUT2D eigenvalue weighted by molar-refractivity contribution is -0.139. The van der Waals surface area contributed by atoms with E-state index in [4.69, 9.17) is 4.74 Å². The second kappa shape index (κ2) is 6.86. The number of ketones is 1. The Bertz CT molecular complexity index is 858. The molecule has 0 aromatic heterocycles. The fraction of sp³-hybridized carbons (Fsp3) is 0.619. The summed E-state index contributed by atoms with van der Waals surface area (Å²) in [6, 6.07) is 1.75. The maximum absolute atomic E-state index is 15.3. The maximum Gasteiger partial charge on any atom is 0.316 e. The van der Waals surface area contributed by atoms with Crippen LogP contribution < -0.4 is 19.9 Å². The van der Waals surface area contributed by atoms with Crippen LogP contribution in [0, 0.1) is 17.7 Å². The van der Waals surface area contributed by atoms with Gasteiger partial charge in [-0.15, -0.1) is 0 Å².